The highest BCUT2D eigenvalue weighted by atomic mass is 35.5. The van der Waals surface area contributed by atoms with Gasteiger partial charge in [-0.3, -0.25) is 19.4 Å². The normalized spacial score (nSPS) is 20.1. The molecule has 2 atom stereocenters. The molecule has 0 saturated carbocycles. The monoisotopic (exact) mass is 425 g/mol. The van der Waals surface area contributed by atoms with Gasteiger partial charge in [0.2, 0.25) is 5.91 Å². The molecule has 0 radical (unpaired) electrons. The third kappa shape index (κ3) is 3.54. The number of rotatable bonds is 5. The minimum atomic E-state index is -0.941. The van der Waals surface area contributed by atoms with E-state index in [0.717, 1.165) is 22.4 Å². The lowest BCUT2D eigenvalue weighted by atomic mass is 10.1. The fourth-order valence-electron chi connectivity index (χ4n) is 3.55. The summed E-state index contributed by atoms with van der Waals surface area (Å²) in [4.78, 5) is 39.4. The lowest BCUT2D eigenvalue weighted by molar-refractivity contribution is -0.123. The van der Waals surface area contributed by atoms with Gasteiger partial charge in [0, 0.05) is 10.7 Å². The van der Waals surface area contributed by atoms with E-state index in [4.69, 9.17) is 11.6 Å². The Hall–Kier alpha value is -3.26. The van der Waals surface area contributed by atoms with E-state index < -0.39 is 23.9 Å². The van der Waals surface area contributed by atoms with E-state index in [0.29, 0.717) is 16.4 Å². The zero-order valence-electron chi connectivity index (χ0n) is 16.5. The molecule has 4 rings (SSSR count). The summed E-state index contributed by atoms with van der Waals surface area (Å²) in [6, 6.07) is 10.6. The fraction of sp³-hybridized carbons (Fsp3) is 0.286. The zero-order valence-corrected chi connectivity index (χ0v) is 17.3. The second-order valence-corrected chi connectivity index (χ2v) is 7.67. The topological polar surface area (TPSA) is 94.4 Å². The molecule has 3 amide bonds. The molecule has 2 aliphatic rings. The van der Waals surface area contributed by atoms with E-state index >= 15 is 0 Å². The van der Waals surface area contributed by atoms with Gasteiger partial charge >= 0.3 is 0 Å². The Kier molecular flexibility index (Phi) is 5.26. The Bertz CT molecular complexity index is 1050. The number of benzene rings is 2. The predicted molar refractivity (Wildman–Crippen MR) is 112 cm³/mol. The van der Waals surface area contributed by atoms with Gasteiger partial charge < -0.3 is 5.32 Å². The molecule has 2 aliphatic heterocycles. The van der Waals surface area contributed by atoms with Gasteiger partial charge in [-0.05, 0) is 48.7 Å². The number of hydrogen-bond acceptors (Lipinski definition) is 6. The number of carbonyl (C=O) groups excluding carboxylic acids is 3. The molecule has 0 bridgehead atoms. The van der Waals surface area contributed by atoms with Crippen LogP contribution in [0.4, 0.5) is 11.4 Å². The van der Waals surface area contributed by atoms with Crippen molar-refractivity contribution in [2.75, 3.05) is 16.8 Å². The summed E-state index contributed by atoms with van der Waals surface area (Å²) in [5, 5.41) is 12.4. The first kappa shape index (κ1) is 20.0. The zero-order chi connectivity index (χ0) is 21.4. The second kappa shape index (κ2) is 7.87. The summed E-state index contributed by atoms with van der Waals surface area (Å²) in [5.74, 6) is -1.26. The number of imide groups is 1. The van der Waals surface area contributed by atoms with Crippen LogP contribution in [0.3, 0.4) is 0 Å². The maximum absolute atomic E-state index is 13.0. The number of fused-ring (bicyclic) bond motifs is 1. The smallest absolute Gasteiger partial charge is 0.263 e. The molecule has 0 unspecified atom stereocenters. The van der Waals surface area contributed by atoms with Crippen LogP contribution in [0.1, 0.15) is 18.1 Å². The number of nitrogens with zero attached hydrogens (tertiary/aromatic N) is 4. The van der Waals surface area contributed by atoms with E-state index in [1.54, 1.807) is 30.3 Å². The van der Waals surface area contributed by atoms with Gasteiger partial charge in [0.15, 0.2) is 12.1 Å². The van der Waals surface area contributed by atoms with Crippen LogP contribution < -0.4 is 10.2 Å². The summed E-state index contributed by atoms with van der Waals surface area (Å²) in [7, 11) is 0. The first-order valence-corrected chi connectivity index (χ1v) is 9.97. The van der Waals surface area contributed by atoms with Gasteiger partial charge in [-0.1, -0.05) is 41.9 Å². The predicted octanol–water partition coefficient (Wildman–Crippen LogP) is 3.14. The molecule has 9 heteroatoms. The molecule has 1 fully saturated rings. The first-order valence-electron chi connectivity index (χ1n) is 9.59. The first-order chi connectivity index (χ1) is 14.4. The van der Waals surface area contributed by atoms with Gasteiger partial charge in [-0.2, -0.15) is 5.11 Å². The van der Waals surface area contributed by atoms with E-state index in [2.05, 4.69) is 15.7 Å². The highest BCUT2D eigenvalue weighted by Gasteiger charge is 2.55. The van der Waals surface area contributed by atoms with E-state index in [-0.39, 0.29) is 12.5 Å². The van der Waals surface area contributed by atoms with Crippen molar-refractivity contribution < 1.29 is 14.4 Å². The summed E-state index contributed by atoms with van der Waals surface area (Å²) in [5.41, 5.74) is 3.02. The Labute approximate surface area is 178 Å². The number of nitrogens with one attached hydrogen (secondary N) is 1. The molecule has 2 heterocycles. The molecule has 8 nitrogen and oxygen atoms in total. The van der Waals surface area contributed by atoms with Crippen molar-refractivity contribution in [2.45, 2.75) is 32.4 Å². The Morgan fingerprint density at radius 3 is 2.57 bits per heavy atom. The van der Waals surface area contributed by atoms with Crippen LogP contribution in [0.2, 0.25) is 5.02 Å². The fourth-order valence-corrected chi connectivity index (χ4v) is 3.73. The summed E-state index contributed by atoms with van der Waals surface area (Å²) < 4.78 is 0. The SMILES string of the molecule is CCc1ccc(N2C(=O)[C@@H]3[C@@H](N=NN3CC(=O)Nc3cc(Cl)ccc3C)C2=O)cc1. The molecule has 1 saturated heterocycles. The van der Waals surface area contributed by atoms with Crippen LogP contribution in [-0.2, 0) is 20.8 Å². The van der Waals surface area contributed by atoms with Gasteiger partial charge in [-0.15, -0.1) is 0 Å². The van der Waals surface area contributed by atoms with Crippen molar-refractivity contribution in [3.05, 3.63) is 58.6 Å². The van der Waals surface area contributed by atoms with Crippen LogP contribution in [0.5, 0.6) is 0 Å². The van der Waals surface area contributed by atoms with Crippen molar-refractivity contribution in [1.29, 1.82) is 0 Å². The van der Waals surface area contributed by atoms with Gasteiger partial charge in [-0.25, -0.2) is 4.90 Å². The number of anilines is 2. The highest BCUT2D eigenvalue weighted by Crippen LogP contribution is 2.32. The molecule has 1 N–H and O–H groups in total. The number of carbonyl (C=O) groups is 3. The van der Waals surface area contributed by atoms with Gasteiger partial charge in [0.1, 0.15) is 6.54 Å². The van der Waals surface area contributed by atoms with Crippen molar-refractivity contribution in [1.82, 2.24) is 5.01 Å². The van der Waals surface area contributed by atoms with E-state index in [9.17, 15) is 14.4 Å². The van der Waals surface area contributed by atoms with Crippen molar-refractivity contribution >= 4 is 40.7 Å². The lowest BCUT2D eigenvalue weighted by Crippen LogP contribution is -2.43. The molecule has 30 heavy (non-hydrogen) atoms. The summed E-state index contributed by atoms with van der Waals surface area (Å²) in [6.07, 6.45) is 0.858. The highest BCUT2D eigenvalue weighted by molar-refractivity contribution is 6.31. The number of hydrogen-bond donors (Lipinski definition) is 1. The molecule has 0 spiro atoms. The van der Waals surface area contributed by atoms with E-state index in [1.807, 2.05) is 26.0 Å². The number of halogens is 1. The van der Waals surface area contributed by atoms with Crippen molar-refractivity contribution in [3.8, 4) is 0 Å². The molecular weight excluding hydrogens is 406 g/mol. The minimum Gasteiger partial charge on any atom is -0.324 e. The number of amides is 3. The van der Waals surface area contributed by atoms with E-state index in [1.165, 1.54) is 5.01 Å². The molecule has 154 valence electrons. The van der Waals surface area contributed by atoms with Crippen LogP contribution in [0, 0.1) is 6.92 Å². The second-order valence-electron chi connectivity index (χ2n) is 7.23. The van der Waals surface area contributed by atoms with Crippen LogP contribution in [-0.4, -0.2) is 41.4 Å². The quantitative estimate of drug-likeness (QED) is 0.744. The largest absolute Gasteiger partial charge is 0.324 e. The summed E-state index contributed by atoms with van der Waals surface area (Å²) in [6.45, 7) is 3.66. The molecule has 2 aromatic rings. The van der Waals surface area contributed by atoms with Gasteiger partial charge in [0.25, 0.3) is 11.8 Å². The van der Waals surface area contributed by atoms with Crippen LogP contribution in [0.15, 0.2) is 52.8 Å². The molecular formula is C21H20ClN5O3. The Balaban J connectivity index is 1.49. The van der Waals surface area contributed by atoms with Crippen molar-refractivity contribution in [3.63, 3.8) is 0 Å². The Morgan fingerprint density at radius 2 is 1.87 bits per heavy atom. The minimum absolute atomic E-state index is 0.210. The molecule has 0 aromatic heterocycles. The van der Waals surface area contributed by atoms with Crippen LogP contribution in [0.25, 0.3) is 0 Å². The van der Waals surface area contributed by atoms with Gasteiger partial charge in [0.05, 0.1) is 5.69 Å². The third-order valence-electron chi connectivity index (χ3n) is 5.24. The number of aryl methyl sites for hydroxylation is 2. The average molecular weight is 426 g/mol. The Morgan fingerprint density at radius 1 is 1.13 bits per heavy atom. The lowest BCUT2D eigenvalue weighted by Gasteiger charge is -2.20. The standard InChI is InChI=1S/C21H20ClN5O3/c1-3-13-5-8-15(9-6-13)27-20(29)18-19(21(27)30)26(25-24-18)11-17(28)23-16-10-14(22)7-4-12(16)2/h4-10,18-19H,3,11H2,1-2H3,(H,23,28)/t18-,19+/m1/s1. The van der Waals surface area contributed by atoms with Crippen LogP contribution >= 0.6 is 11.6 Å². The average Bonchev–Trinajstić information content (AvgIpc) is 3.24. The third-order valence-corrected chi connectivity index (χ3v) is 5.48. The molecule has 2 aromatic carbocycles. The maximum atomic E-state index is 13.0. The van der Waals surface area contributed by atoms with Crippen molar-refractivity contribution in [2.24, 2.45) is 10.3 Å². The summed E-state index contributed by atoms with van der Waals surface area (Å²) >= 11 is 5.99. The maximum Gasteiger partial charge on any atom is 0.263 e. The molecule has 0 aliphatic carbocycles.